The van der Waals surface area contributed by atoms with Crippen molar-refractivity contribution in [3.8, 4) is 0 Å². The third-order valence-electron chi connectivity index (χ3n) is 4.59. The van der Waals surface area contributed by atoms with Crippen molar-refractivity contribution in [2.45, 2.75) is 37.6 Å². The van der Waals surface area contributed by atoms with Crippen LogP contribution in [0.2, 0.25) is 0 Å². The highest BCUT2D eigenvalue weighted by atomic mass is 14.9. The van der Waals surface area contributed by atoms with Crippen LogP contribution in [0.4, 0.5) is 0 Å². The summed E-state index contributed by atoms with van der Waals surface area (Å²) in [7, 11) is 2.08. The number of hydrogen-bond acceptors (Lipinski definition) is 1. The molecule has 2 aromatic rings. The van der Waals surface area contributed by atoms with E-state index in [0.29, 0.717) is 11.5 Å². The average Bonchev–Trinajstić information content (AvgIpc) is 2.81. The van der Waals surface area contributed by atoms with Crippen LogP contribution in [0.5, 0.6) is 0 Å². The normalized spacial score (nSPS) is 27.8. The predicted molar refractivity (Wildman–Crippen MR) is 78.0 cm³/mol. The fourth-order valence-corrected chi connectivity index (χ4v) is 3.48. The molecule has 2 unspecified atom stereocenters. The molecule has 0 radical (unpaired) electrons. The summed E-state index contributed by atoms with van der Waals surface area (Å²) in [5.74, 6) is 0. The molecular formula is C17H21N. The Kier molecular flexibility index (Phi) is 2.87. The van der Waals surface area contributed by atoms with E-state index >= 15 is 0 Å². The van der Waals surface area contributed by atoms with Gasteiger partial charge in [-0.1, -0.05) is 49.4 Å². The molecule has 3 rings (SSSR count). The van der Waals surface area contributed by atoms with Crippen LogP contribution in [0.15, 0.2) is 42.5 Å². The van der Waals surface area contributed by atoms with Crippen molar-refractivity contribution >= 4 is 10.8 Å². The van der Waals surface area contributed by atoms with Gasteiger partial charge in [-0.15, -0.1) is 0 Å². The van der Waals surface area contributed by atoms with Crippen LogP contribution in [0.3, 0.4) is 0 Å². The van der Waals surface area contributed by atoms with Gasteiger partial charge < -0.3 is 5.32 Å². The first-order chi connectivity index (χ1) is 8.73. The molecule has 0 heterocycles. The summed E-state index contributed by atoms with van der Waals surface area (Å²) in [5, 5.41) is 6.23. The summed E-state index contributed by atoms with van der Waals surface area (Å²) in [5.41, 5.74) is 1.85. The van der Waals surface area contributed by atoms with Crippen LogP contribution >= 0.6 is 0 Å². The second-order valence-corrected chi connectivity index (χ2v) is 5.82. The quantitative estimate of drug-likeness (QED) is 0.839. The molecule has 1 nitrogen and oxygen atoms in total. The Morgan fingerprint density at radius 2 is 1.89 bits per heavy atom. The van der Waals surface area contributed by atoms with Crippen molar-refractivity contribution in [1.82, 2.24) is 5.32 Å². The molecule has 1 aliphatic carbocycles. The summed E-state index contributed by atoms with van der Waals surface area (Å²) < 4.78 is 0. The van der Waals surface area contributed by atoms with E-state index in [9.17, 15) is 0 Å². The number of nitrogens with one attached hydrogen (secondary N) is 1. The molecule has 94 valence electrons. The van der Waals surface area contributed by atoms with Crippen molar-refractivity contribution in [2.75, 3.05) is 7.05 Å². The molecule has 18 heavy (non-hydrogen) atoms. The van der Waals surface area contributed by atoms with E-state index in [1.54, 1.807) is 0 Å². The van der Waals surface area contributed by atoms with E-state index in [1.165, 1.54) is 35.6 Å². The second kappa shape index (κ2) is 4.40. The van der Waals surface area contributed by atoms with Crippen molar-refractivity contribution in [3.05, 3.63) is 48.0 Å². The van der Waals surface area contributed by atoms with Crippen LogP contribution in [0, 0.1) is 0 Å². The van der Waals surface area contributed by atoms with Crippen LogP contribution in [0.1, 0.15) is 31.7 Å². The van der Waals surface area contributed by atoms with Crippen LogP contribution in [-0.2, 0) is 5.41 Å². The minimum atomic E-state index is 0.328. The van der Waals surface area contributed by atoms with Gasteiger partial charge in [-0.3, -0.25) is 0 Å². The van der Waals surface area contributed by atoms with E-state index in [-0.39, 0.29) is 0 Å². The van der Waals surface area contributed by atoms with Crippen LogP contribution < -0.4 is 5.32 Å². The minimum Gasteiger partial charge on any atom is -0.317 e. The zero-order valence-electron chi connectivity index (χ0n) is 11.2. The zero-order valence-corrected chi connectivity index (χ0v) is 11.2. The molecule has 1 aliphatic rings. The summed E-state index contributed by atoms with van der Waals surface area (Å²) in [4.78, 5) is 0. The first-order valence-electron chi connectivity index (χ1n) is 6.88. The zero-order chi connectivity index (χ0) is 12.6. The number of hydrogen-bond donors (Lipinski definition) is 1. The smallest absolute Gasteiger partial charge is 0.00727 e. The van der Waals surface area contributed by atoms with E-state index in [1.807, 2.05) is 0 Å². The number of benzene rings is 2. The van der Waals surface area contributed by atoms with Gasteiger partial charge in [-0.2, -0.15) is 0 Å². The Hall–Kier alpha value is -1.34. The maximum Gasteiger partial charge on any atom is 0.00727 e. The molecule has 2 atom stereocenters. The molecule has 0 aromatic heterocycles. The molecule has 2 aromatic carbocycles. The monoisotopic (exact) mass is 239 g/mol. The van der Waals surface area contributed by atoms with E-state index in [2.05, 4.69) is 61.8 Å². The third kappa shape index (κ3) is 1.83. The lowest BCUT2D eigenvalue weighted by Gasteiger charge is -2.26. The van der Waals surface area contributed by atoms with Crippen molar-refractivity contribution in [3.63, 3.8) is 0 Å². The van der Waals surface area contributed by atoms with Crippen LogP contribution in [-0.4, -0.2) is 13.1 Å². The first-order valence-corrected chi connectivity index (χ1v) is 6.88. The van der Waals surface area contributed by atoms with Gasteiger partial charge in [0.2, 0.25) is 0 Å². The molecular weight excluding hydrogens is 218 g/mol. The SMILES string of the molecule is CNC1CCC(C)(c2cccc3ccccc23)C1. The van der Waals surface area contributed by atoms with Crippen molar-refractivity contribution < 1.29 is 0 Å². The number of rotatable bonds is 2. The lowest BCUT2D eigenvalue weighted by molar-refractivity contribution is 0.470. The number of fused-ring (bicyclic) bond motifs is 1. The minimum absolute atomic E-state index is 0.328. The summed E-state index contributed by atoms with van der Waals surface area (Å²) in [6, 6.07) is 16.2. The molecule has 1 N–H and O–H groups in total. The summed E-state index contributed by atoms with van der Waals surface area (Å²) in [6.07, 6.45) is 3.82. The average molecular weight is 239 g/mol. The fraction of sp³-hybridized carbons (Fsp3) is 0.412. The van der Waals surface area contributed by atoms with Crippen molar-refractivity contribution in [1.29, 1.82) is 0 Å². The summed E-state index contributed by atoms with van der Waals surface area (Å²) >= 11 is 0. The largest absolute Gasteiger partial charge is 0.317 e. The lowest BCUT2D eigenvalue weighted by atomic mass is 9.78. The van der Waals surface area contributed by atoms with Gasteiger partial charge in [0.25, 0.3) is 0 Å². The first kappa shape index (κ1) is 11.7. The van der Waals surface area contributed by atoms with E-state index in [0.717, 1.165) is 0 Å². The lowest BCUT2D eigenvalue weighted by Crippen LogP contribution is -2.25. The van der Waals surface area contributed by atoms with Crippen LogP contribution in [0.25, 0.3) is 10.8 Å². The second-order valence-electron chi connectivity index (χ2n) is 5.82. The molecule has 1 heteroatoms. The standard InChI is InChI=1S/C17H21N/c1-17(11-10-14(12-17)18-2)16-9-5-7-13-6-3-4-8-15(13)16/h3-9,14,18H,10-12H2,1-2H3. The topological polar surface area (TPSA) is 12.0 Å². The van der Waals surface area contributed by atoms with Crippen molar-refractivity contribution in [2.24, 2.45) is 0 Å². The highest BCUT2D eigenvalue weighted by Gasteiger charge is 2.36. The molecule has 0 aliphatic heterocycles. The van der Waals surface area contributed by atoms with E-state index < -0.39 is 0 Å². The Labute approximate surface area is 109 Å². The molecule has 0 bridgehead atoms. The van der Waals surface area contributed by atoms with Gasteiger partial charge in [0.15, 0.2) is 0 Å². The highest BCUT2D eigenvalue weighted by Crippen LogP contribution is 2.43. The predicted octanol–water partition coefficient (Wildman–Crippen LogP) is 3.87. The van der Waals surface area contributed by atoms with Gasteiger partial charge in [-0.25, -0.2) is 0 Å². The Bertz CT molecular complexity index is 555. The molecule has 0 saturated heterocycles. The van der Waals surface area contributed by atoms with Gasteiger partial charge in [0.1, 0.15) is 0 Å². The van der Waals surface area contributed by atoms with Gasteiger partial charge in [0.05, 0.1) is 0 Å². The Morgan fingerprint density at radius 3 is 2.67 bits per heavy atom. The Morgan fingerprint density at radius 1 is 1.11 bits per heavy atom. The Balaban J connectivity index is 2.09. The van der Waals surface area contributed by atoms with E-state index in [4.69, 9.17) is 0 Å². The summed E-state index contributed by atoms with van der Waals surface area (Å²) in [6.45, 7) is 2.42. The maximum atomic E-state index is 3.44. The van der Waals surface area contributed by atoms with Gasteiger partial charge >= 0.3 is 0 Å². The molecule has 1 saturated carbocycles. The molecule has 0 spiro atoms. The fourth-order valence-electron chi connectivity index (χ4n) is 3.48. The third-order valence-corrected chi connectivity index (χ3v) is 4.59. The maximum absolute atomic E-state index is 3.44. The molecule has 1 fully saturated rings. The highest BCUT2D eigenvalue weighted by molar-refractivity contribution is 5.86. The van der Waals surface area contributed by atoms with Gasteiger partial charge in [0, 0.05) is 6.04 Å². The van der Waals surface area contributed by atoms with Gasteiger partial charge in [-0.05, 0) is 48.1 Å². The molecule has 0 amide bonds.